The van der Waals surface area contributed by atoms with E-state index in [1.54, 1.807) is 0 Å². The second-order valence-electron chi connectivity index (χ2n) is 7.13. The van der Waals surface area contributed by atoms with Crippen LogP contribution >= 0.6 is 0 Å². The molecule has 0 spiro atoms. The van der Waals surface area contributed by atoms with Gasteiger partial charge in [-0.05, 0) is 23.6 Å². The predicted molar refractivity (Wildman–Crippen MR) is 114 cm³/mol. The molecule has 0 saturated carbocycles. The maximum atomic E-state index is 10.2. The van der Waals surface area contributed by atoms with E-state index in [1.807, 2.05) is 37.3 Å². The fourth-order valence-electron chi connectivity index (χ4n) is 3.40. The van der Waals surface area contributed by atoms with Crippen LogP contribution in [0.1, 0.15) is 23.6 Å². The number of rotatable bonds is 10. The molecule has 2 atom stereocenters. The molecule has 0 aliphatic heterocycles. The van der Waals surface area contributed by atoms with E-state index >= 15 is 0 Å². The standard InChI is InChI=1S/C25H29NO2/c1-21(28-20-24-15-9-4-10-16-24)25(19-27)26(17-22-11-5-2-6-12-22)18-23-13-7-3-8-14-23/h2-16,21,25,27H,17-20H2,1H3/t21-,25+/m0/s1. The van der Waals surface area contributed by atoms with Crippen LogP contribution in [0.15, 0.2) is 91.0 Å². The molecular weight excluding hydrogens is 346 g/mol. The van der Waals surface area contributed by atoms with Crippen molar-refractivity contribution < 1.29 is 9.84 Å². The van der Waals surface area contributed by atoms with Gasteiger partial charge in [0.05, 0.1) is 25.4 Å². The predicted octanol–water partition coefficient (Wildman–Crippen LogP) is 4.66. The number of ether oxygens (including phenoxy) is 1. The molecule has 0 aliphatic carbocycles. The highest BCUT2D eigenvalue weighted by Gasteiger charge is 2.25. The molecule has 3 rings (SSSR count). The molecular formula is C25H29NO2. The molecule has 0 aromatic heterocycles. The Bertz CT molecular complexity index is 751. The number of hydrogen-bond donors (Lipinski definition) is 1. The molecule has 28 heavy (non-hydrogen) atoms. The van der Waals surface area contributed by atoms with Gasteiger partial charge >= 0.3 is 0 Å². The summed E-state index contributed by atoms with van der Waals surface area (Å²) < 4.78 is 6.14. The lowest BCUT2D eigenvalue weighted by Gasteiger charge is -2.34. The summed E-state index contributed by atoms with van der Waals surface area (Å²) in [6.07, 6.45) is -0.0994. The molecule has 0 saturated heterocycles. The maximum absolute atomic E-state index is 10.2. The van der Waals surface area contributed by atoms with Crippen molar-refractivity contribution in [3.63, 3.8) is 0 Å². The van der Waals surface area contributed by atoms with Crippen LogP contribution in [-0.2, 0) is 24.4 Å². The Morgan fingerprint density at radius 1 is 0.714 bits per heavy atom. The molecule has 3 aromatic rings. The summed E-state index contributed by atoms with van der Waals surface area (Å²) in [4.78, 5) is 2.31. The molecule has 0 fully saturated rings. The van der Waals surface area contributed by atoms with Crippen molar-refractivity contribution in [2.75, 3.05) is 6.61 Å². The summed E-state index contributed by atoms with van der Waals surface area (Å²) in [5.74, 6) is 0. The van der Waals surface area contributed by atoms with Crippen molar-refractivity contribution in [3.8, 4) is 0 Å². The first-order valence-electron chi connectivity index (χ1n) is 9.84. The third kappa shape index (κ3) is 6.03. The minimum absolute atomic E-state index is 0.0512. The van der Waals surface area contributed by atoms with Gasteiger partial charge in [0.1, 0.15) is 0 Å². The average molecular weight is 376 g/mol. The van der Waals surface area contributed by atoms with Crippen LogP contribution in [0.3, 0.4) is 0 Å². The highest BCUT2D eigenvalue weighted by molar-refractivity contribution is 5.18. The second-order valence-corrected chi connectivity index (χ2v) is 7.13. The first-order chi connectivity index (χ1) is 13.8. The third-order valence-electron chi connectivity index (χ3n) is 5.01. The highest BCUT2D eigenvalue weighted by Crippen LogP contribution is 2.18. The van der Waals surface area contributed by atoms with Crippen LogP contribution in [0.25, 0.3) is 0 Å². The van der Waals surface area contributed by atoms with Crippen LogP contribution < -0.4 is 0 Å². The van der Waals surface area contributed by atoms with E-state index in [2.05, 4.69) is 65.6 Å². The minimum atomic E-state index is -0.0994. The zero-order chi connectivity index (χ0) is 19.6. The molecule has 1 N–H and O–H groups in total. The smallest absolute Gasteiger partial charge is 0.0729 e. The Morgan fingerprint density at radius 3 is 1.57 bits per heavy atom. The van der Waals surface area contributed by atoms with Crippen LogP contribution in [0.5, 0.6) is 0 Å². The van der Waals surface area contributed by atoms with E-state index < -0.39 is 0 Å². The largest absolute Gasteiger partial charge is 0.395 e. The number of hydrogen-bond acceptors (Lipinski definition) is 3. The van der Waals surface area contributed by atoms with Gasteiger partial charge in [-0.1, -0.05) is 91.0 Å². The Morgan fingerprint density at radius 2 is 1.14 bits per heavy atom. The summed E-state index contributed by atoms with van der Waals surface area (Å²) in [6, 6.07) is 30.9. The quantitative estimate of drug-likeness (QED) is 0.560. The van der Waals surface area contributed by atoms with Gasteiger partial charge in [0.15, 0.2) is 0 Å². The summed E-state index contributed by atoms with van der Waals surface area (Å²) in [5, 5.41) is 10.2. The van der Waals surface area contributed by atoms with Crippen molar-refractivity contribution in [3.05, 3.63) is 108 Å². The Balaban J connectivity index is 1.73. The lowest BCUT2D eigenvalue weighted by molar-refractivity contribution is -0.0378. The molecule has 0 bridgehead atoms. The summed E-state index contributed by atoms with van der Waals surface area (Å²) >= 11 is 0. The van der Waals surface area contributed by atoms with Gasteiger partial charge in [-0.25, -0.2) is 0 Å². The van der Waals surface area contributed by atoms with Crippen molar-refractivity contribution >= 4 is 0 Å². The fraction of sp³-hybridized carbons (Fsp3) is 0.280. The molecule has 0 radical (unpaired) electrons. The fourth-order valence-corrected chi connectivity index (χ4v) is 3.40. The normalized spacial score (nSPS) is 13.4. The van der Waals surface area contributed by atoms with E-state index in [9.17, 15) is 5.11 Å². The minimum Gasteiger partial charge on any atom is -0.395 e. The topological polar surface area (TPSA) is 32.7 Å². The van der Waals surface area contributed by atoms with Crippen molar-refractivity contribution in [2.24, 2.45) is 0 Å². The van der Waals surface area contributed by atoms with E-state index in [0.717, 1.165) is 18.7 Å². The monoisotopic (exact) mass is 375 g/mol. The van der Waals surface area contributed by atoms with Crippen LogP contribution in [0.2, 0.25) is 0 Å². The SMILES string of the molecule is C[C@H](OCc1ccccc1)[C@@H](CO)N(Cc1ccccc1)Cc1ccccc1. The Labute approximate surface area is 168 Å². The maximum Gasteiger partial charge on any atom is 0.0729 e. The third-order valence-corrected chi connectivity index (χ3v) is 5.01. The average Bonchev–Trinajstić information content (AvgIpc) is 2.75. The molecule has 146 valence electrons. The Kier molecular flexibility index (Phi) is 7.80. The molecule has 0 heterocycles. The summed E-state index contributed by atoms with van der Waals surface area (Å²) in [5.41, 5.74) is 3.60. The second kappa shape index (κ2) is 10.8. The van der Waals surface area contributed by atoms with E-state index in [4.69, 9.17) is 4.74 Å². The van der Waals surface area contributed by atoms with Gasteiger partial charge in [-0.15, -0.1) is 0 Å². The summed E-state index contributed by atoms with van der Waals surface area (Å²) in [7, 11) is 0. The zero-order valence-corrected chi connectivity index (χ0v) is 16.4. The van der Waals surface area contributed by atoms with Crippen molar-refractivity contribution in [1.29, 1.82) is 0 Å². The first-order valence-corrected chi connectivity index (χ1v) is 9.84. The highest BCUT2D eigenvalue weighted by atomic mass is 16.5. The van der Waals surface area contributed by atoms with Gasteiger partial charge in [0.25, 0.3) is 0 Å². The van der Waals surface area contributed by atoms with Gasteiger partial charge in [0, 0.05) is 13.1 Å². The van der Waals surface area contributed by atoms with Crippen molar-refractivity contribution in [1.82, 2.24) is 4.90 Å². The number of nitrogens with zero attached hydrogens (tertiary/aromatic N) is 1. The lowest BCUT2D eigenvalue weighted by Crippen LogP contribution is -2.45. The van der Waals surface area contributed by atoms with E-state index in [1.165, 1.54) is 11.1 Å². The van der Waals surface area contributed by atoms with Gasteiger partial charge in [0.2, 0.25) is 0 Å². The Hall–Kier alpha value is -2.46. The molecule has 3 aromatic carbocycles. The first kappa shape index (κ1) is 20.3. The molecule has 0 aliphatic rings. The van der Waals surface area contributed by atoms with Crippen LogP contribution in [-0.4, -0.2) is 28.8 Å². The lowest BCUT2D eigenvalue weighted by atomic mass is 10.1. The number of aliphatic hydroxyl groups excluding tert-OH is 1. The van der Waals surface area contributed by atoms with Gasteiger partial charge < -0.3 is 9.84 Å². The molecule has 0 amide bonds. The number of benzene rings is 3. The van der Waals surface area contributed by atoms with Crippen LogP contribution in [0.4, 0.5) is 0 Å². The zero-order valence-electron chi connectivity index (χ0n) is 16.4. The van der Waals surface area contributed by atoms with Gasteiger partial charge in [-0.2, -0.15) is 0 Å². The van der Waals surface area contributed by atoms with E-state index in [0.29, 0.717) is 6.61 Å². The molecule has 0 unspecified atom stereocenters. The van der Waals surface area contributed by atoms with Crippen molar-refractivity contribution in [2.45, 2.75) is 38.8 Å². The molecule has 3 heteroatoms. The summed E-state index contributed by atoms with van der Waals surface area (Å²) in [6.45, 7) is 4.17. The molecule has 3 nitrogen and oxygen atoms in total. The van der Waals surface area contributed by atoms with Crippen LogP contribution in [0, 0.1) is 0 Å². The van der Waals surface area contributed by atoms with E-state index in [-0.39, 0.29) is 18.8 Å². The van der Waals surface area contributed by atoms with Gasteiger partial charge in [-0.3, -0.25) is 4.90 Å². The number of aliphatic hydroxyl groups is 1.